The maximum atomic E-state index is 4.53. The van der Waals surface area contributed by atoms with E-state index in [4.69, 9.17) is 0 Å². The third kappa shape index (κ3) is 6.95. The molecule has 2 unspecified atom stereocenters. The van der Waals surface area contributed by atoms with Crippen LogP contribution in [0.3, 0.4) is 0 Å². The molecule has 1 aliphatic heterocycles. The van der Waals surface area contributed by atoms with Crippen molar-refractivity contribution in [2.75, 3.05) is 26.7 Å². The minimum Gasteiger partial charge on any atom is -0.356 e. The molecule has 168 valence electrons. The van der Waals surface area contributed by atoms with E-state index >= 15 is 0 Å². The highest BCUT2D eigenvalue weighted by molar-refractivity contribution is 14.0. The molecule has 3 heterocycles. The second-order valence-electron chi connectivity index (χ2n) is 8.30. The van der Waals surface area contributed by atoms with Crippen LogP contribution in [0.15, 0.2) is 22.5 Å². The van der Waals surface area contributed by atoms with Gasteiger partial charge in [0.2, 0.25) is 0 Å². The van der Waals surface area contributed by atoms with E-state index in [2.05, 4.69) is 63.9 Å². The van der Waals surface area contributed by atoms with Gasteiger partial charge in [0.15, 0.2) is 5.96 Å². The number of nitrogens with zero attached hydrogens (tertiary/aromatic N) is 4. The van der Waals surface area contributed by atoms with Crippen LogP contribution in [-0.4, -0.2) is 53.4 Å². The molecule has 8 heteroatoms. The lowest BCUT2D eigenvalue weighted by molar-refractivity contribution is 0.169. The average Bonchev–Trinajstić information content (AvgIpc) is 3.29. The largest absolute Gasteiger partial charge is 0.356 e. The number of halogens is 1. The predicted octanol–water partition coefficient (Wildman–Crippen LogP) is 3.72. The first kappa shape index (κ1) is 25.1. The smallest absolute Gasteiger partial charge is 0.191 e. The molecular formula is C22H37IN6S. The topological polar surface area (TPSA) is 57.5 Å². The van der Waals surface area contributed by atoms with Crippen molar-refractivity contribution in [2.24, 2.45) is 18.0 Å². The van der Waals surface area contributed by atoms with Crippen molar-refractivity contribution < 1.29 is 0 Å². The van der Waals surface area contributed by atoms with Gasteiger partial charge in [0.1, 0.15) is 0 Å². The first-order valence-corrected chi connectivity index (χ1v) is 11.5. The van der Waals surface area contributed by atoms with Gasteiger partial charge in [0.25, 0.3) is 0 Å². The molecule has 0 radical (unpaired) electrons. The highest BCUT2D eigenvalue weighted by Gasteiger charge is 2.21. The van der Waals surface area contributed by atoms with E-state index in [1.54, 1.807) is 0 Å². The molecule has 1 fully saturated rings. The van der Waals surface area contributed by atoms with Gasteiger partial charge < -0.3 is 10.6 Å². The van der Waals surface area contributed by atoms with Crippen molar-refractivity contribution in [2.45, 2.75) is 52.6 Å². The molecule has 0 aromatic carbocycles. The number of piperidine rings is 1. The van der Waals surface area contributed by atoms with Crippen LogP contribution in [-0.2, 0) is 20.0 Å². The van der Waals surface area contributed by atoms with E-state index in [0.29, 0.717) is 12.0 Å². The molecule has 1 aliphatic rings. The van der Waals surface area contributed by atoms with Crippen molar-refractivity contribution >= 4 is 41.3 Å². The van der Waals surface area contributed by atoms with E-state index in [1.807, 2.05) is 30.1 Å². The van der Waals surface area contributed by atoms with Crippen molar-refractivity contribution in [3.63, 3.8) is 0 Å². The Morgan fingerprint density at radius 1 is 1.40 bits per heavy atom. The predicted molar refractivity (Wildman–Crippen MR) is 138 cm³/mol. The Balaban J connectivity index is 0.00000320. The summed E-state index contributed by atoms with van der Waals surface area (Å²) < 4.78 is 1.97. The summed E-state index contributed by atoms with van der Waals surface area (Å²) in [6.07, 6.45) is 3.51. The lowest BCUT2D eigenvalue weighted by Crippen LogP contribution is -2.47. The first-order valence-electron chi connectivity index (χ1n) is 10.7. The van der Waals surface area contributed by atoms with Crippen LogP contribution in [0.2, 0.25) is 0 Å². The molecule has 6 nitrogen and oxygen atoms in total. The van der Waals surface area contributed by atoms with Gasteiger partial charge in [0.05, 0.1) is 5.69 Å². The van der Waals surface area contributed by atoms with Crippen LogP contribution >= 0.6 is 35.3 Å². The van der Waals surface area contributed by atoms with Gasteiger partial charge >= 0.3 is 0 Å². The maximum Gasteiger partial charge on any atom is 0.191 e. The standard InChI is InChI=1S/C22H36N6S.HI/c1-16(12-21-17(2)26-27(5)18(21)3)25-22(23-4)24-13-19-8-6-10-28(14-19)15-20-9-7-11-29-20;/h7,9,11,16,19H,6,8,10,12-15H2,1-5H3,(H2,23,24,25);1H. The molecule has 1 saturated heterocycles. The fourth-order valence-corrected chi connectivity index (χ4v) is 4.97. The lowest BCUT2D eigenvalue weighted by atomic mass is 9.98. The highest BCUT2D eigenvalue weighted by Crippen LogP contribution is 2.20. The minimum absolute atomic E-state index is 0. The van der Waals surface area contributed by atoms with Crippen molar-refractivity contribution in [1.82, 2.24) is 25.3 Å². The van der Waals surface area contributed by atoms with Gasteiger partial charge in [0, 0.05) is 50.3 Å². The van der Waals surface area contributed by atoms with Gasteiger partial charge in [-0.1, -0.05) is 6.07 Å². The van der Waals surface area contributed by atoms with E-state index in [1.165, 1.54) is 35.5 Å². The minimum atomic E-state index is 0. The Morgan fingerprint density at radius 3 is 2.83 bits per heavy atom. The van der Waals surface area contributed by atoms with Crippen LogP contribution in [0.5, 0.6) is 0 Å². The molecule has 2 aromatic heterocycles. The maximum absolute atomic E-state index is 4.53. The molecule has 0 saturated carbocycles. The van der Waals surface area contributed by atoms with Crippen LogP contribution in [0.25, 0.3) is 0 Å². The molecule has 2 N–H and O–H groups in total. The second kappa shape index (κ2) is 12.0. The quantitative estimate of drug-likeness (QED) is 0.317. The number of aryl methyl sites for hydroxylation is 2. The molecule has 0 amide bonds. The normalized spacial score (nSPS) is 18.7. The number of hydrogen-bond acceptors (Lipinski definition) is 4. The third-order valence-corrected chi connectivity index (χ3v) is 6.76. The summed E-state index contributed by atoms with van der Waals surface area (Å²) in [6.45, 7) is 10.9. The fourth-order valence-electron chi connectivity index (χ4n) is 4.22. The molecule has 30 heavy (non-hydrogen) atoms. The van der Waals surface area contributed by atoms with Gasteiger partial charge in [-0.05, 0) is 69.5 Å². The number of hydrogen-bond donors (Lipinski definition) is 2. The molecule has 0 spiro atoms. The fraction of sp³-hybridized carbons (Fsp3) is 0.636. The summed E-state index contributed by atoms with van der Waals surface area (Å²) in [4.78, 5) is 8.50. The molecule has 0 bridgehead atoms. The zero-order valence-electron chi connectivity index (χ0n) is 18.9. The number of guanidine groups is 1. The zero-order chi connectivity index (χ0) is 20.8. The number of rotatable bonds is 7. The zero-order valence-corrected chi connectivity index (χ0v) is 22.1. The number of nitrogens with one attached hydrogen (secondary N) is 2. The van der Waals surface area contributed by atoms with E-state index in [0.717, 1.165) is 37.7 Å². The monoisotopic (exact) mass is 544 g/mol. The summed E-state index contributed by atoms with van der Waals surface area (Å²) in [5.74, 6) is 1.56. The summed E-state index contributed by atoms with van der Waals surface area (Å²) in [5, 5.41) is 13.8. The summed E-state index contributed by atoms with van der Waals surface area (Å²) >= 11 is 1.86. The van der Waals surface area contributed by atoms with Crippen molar-refractivity contribution in [3.05, 3.63) is 39.3 Å². The van der Waals surface area contributed by atoms with E-state index in [9.17, 15) is 0 Å². The molecule has 2 atom stereocenters. The molecule has 3 rings (SSSR count). The Kier molecular flexibility index (Phi) is 10.1. The second-order valence-corrected chi connectivity index (χ2v) is 9.33. The van der Waals surface area contributed by atoms with Gasteiger partial charge in [-0.25, -0.2) is 0 Å². The molecule has 2 aromatic rings. The number of likely N-dealkylation sites (tertiary alicyclic amines) is 1. The summed E-state index contributed by atoms with van der Waals surface area (Å²) in [5.41, 5.74) is 3.70. The van der Waals surface area contributed by atoms with Gasteiger partial charge in [-0.15, -0.1) is 35.3 Å². The molecule has 0 aliphatic carbocycles. The lowest BCUT2D eigenvalue weighted by Gasteiger charge is -2.33. The Hall–Kier alpha value is -1.13. The number of thiophene rings is 1. The van der Waals surface area contributed by atoms with Crippen LogP contribution in [0.1, 0.15) is 41.6 Å². The Morgan fingerprint density at radius 2 is 2.20 bits per heavy atom. The highest BCUT2D eigenvalue weighted by atomic mass is 127. The Bertz CT molecular complexity index is 801. The van der Waals surface area contributed by atoms with Crippen molar-refractivity contribution in [1.29, 1.82) is 0 Å². The number of aromatic nitrogens is 2. The van der Waals surface area contributed by atoms with Crippen LogP contribution in [0, 0.1) is 19.8 Å². The Labute approximate surface area is 202 Å². The van der Waals surface area contributed by atoms with Gasteiger partial charge in [-0.2, -0.15) is 5.10 Å². The summed E-state index contributed by atoms with van der Waals surface area (Å²) in [6, 6.07) is 4.68. The third-order valence-electron chi connectivity index (χ3n) is 5.90. The number of aliphatic imine (C=N–C) groups is 1. The average molecular weight is 545 g/mol. The van der Waals surface area contributed by atoms with E-state index in [-0.39, 0.29) is 24.0 Å². The van der Waals surface area contributed by atoms with Crippen LogP contribution < -0.4 is 10.6 Å². The van der Waals surface area contributed by atoms with Crippen LogP contribution in [0.4, 0.5) is 0 Å². The summed E-state index contributed by atoms with van der Waals surface area (Å²) in [7, 11) is 3.86. The molecular weight excluding hydrogens is 507 g/mol. The van der Waals surface area contributed by atoms with E-state index < -0.39 is 0 Å². The van der Waals surface area contributed by atoms with Crippen molar-refractivity contribution in [3.8, 4) is 0 Å². The first-order chi connectivity index (χ1) is 14.0. The SMILES string of the molecule is CN=C(NCC1CCCN(Cc2cccs2)C1)NC(C)Cc1c(C)nn(C)c1C.I. The van der Waals surface area contributed by atoms with Gasteiger partial charge in [-0.3, -0.25) is 14.6 Å².